The maximum absolute atomic E-state index is 3.88. The van der Waals surface area contributed by atoms with Gasteiger partial charge in [-0.2, -0.15) is 0 Å². The highest BCUT2D eigenvalue weighted by molar-refractivity contribution is 5.33. The summed E-state index contributed by atoms with van der Waals surface area (Å²) in [6.07, 6.45) is 2.16. The van der Waals surface area contributed by atoms with Crippen LogP contribution in [0, 0.1) is 6.92 Å². The molecule has 2 rings (SSSR count). The third kappa shape index (κ3) is 1.25. The van der Waals surface area contributed by atoms with Gasteiger partial charge >= 0.3 is 0 Å². The van der Waals surface area contributed by atoms with E-state index >= 15 is 0 Å². The Hall–Kier alpha value is -0.820. The normalized spacial score (nSPS) is 20.9. The van der Waals surface area contributed by atoms with Gasteiger partial charge in [0.2, 0.25) is 0 Å². The molecule has 63 valence electrons. The van der Waals surface area contributed by atoms with E-state index < -0.39 is 0 Å². The molecule has 0 saturated carbocycles. The van der Waals surface area contributed by atoms with Crippen LogP contribution in [-0.4, -0.2) is 0 Å². The van der Waals surface area contributed by atoms with Crippen molar-refractivity contribution in [2.75, 3.05) is 0 Å². The molecule has 1 heterocycles. The largest absolute Gasteiger partial charge is 0.306 e. The van der Waals surface area contributed by atoms with Gasteiger partial charge in [0, 0.05) is 12.6 Å². The average molecular weight is 160 g/mol. The Morgan fingerprint density at radius 1 is 1.42 bits per heavy atom. The van der Waals surface area contributed by atoms with Crippen LogP contribution >= 0.6 is 0 Å². The molecule has 1 N–H and O–H groups in total. The first-order chi connectivity index (χ1) is 5.92. The molecular weight excluding hydrogens is 146 g/mol. The lowest BCUT2D eigenvalue weighted by molar-refractivity contribution is 0.546. The maximum Gasteiger partial charge on any atom is 0.0326 e. The molecule has 0 bridgehead atoms. The zero-order chi connectivity index (χ0) is 8.39. The SMILES string of the molecule is [CH2]CCC1NCc2ccccc21. The van der Waals surface area contributed by atoms with E-state index in [-0.39, 0.29) is 0 Å². The van der Waals surface area contributed by atoms with Crippen molar-refractivity contribution in [3.8, 4) is 0 Å². The third-order valence-electron chi connectivity index (χ3n) is 2.46. The first kappa shape index (κ1) is 7.81. The van der Waals surface area contributed by atoms with Crippen LogP contribution in [0.3, 0.4) is 0 Å². The number of benzene rings is 1. The van der Waals surface area contributed by atoms with Crippen LogP contribution in [0.25, 0.3) is 0 Å². The summed E-state index contributed by atoms with van der Waals surface area (Å²) in [7, 11) is 0. The first-order valence-corrected chi connectivity index (χ1v) is 4.52. The highest BCUT2D eigenvalue weighted by Crippen LogP contribution is 2.27. The molecule has 0 fully saturated rings. The van der Waals surface area contributed by atoms with Crippen molar-refractivity contribution in [2.24, 2.45) is 0 Å². The van der Waals surface area contributed by atoms with Gasteiger partial charge in [-0.3, -0.25) is 0 Å². The second-order valence-corrected chi connectivity index (χ2v) is 3.27. The van der Waals surface area contributed by atoms with Gasteiger partial charge in [0.25, 0.3) is 0 Å². The number of hydrogen-bond donors (Lipinski definition) is 1. The molecule has 1 aliphatic heterocycles. The Labute approximate surface area is 73.8 Å². The van der Waals surface area contributed by atoms with Crippen LogP contribution < -0.4 is 5.32 Å². The minimum atomic E-state index is 0.554. The number of nitrogens with one attached hydrogen (secondary N) is 1. The number of hydrogen-bond acceptors (Lipinski definition) is 1. The molecule has 0 saturated heterocycles. The lowest BCUT2D eigenvalue weighted by atomic mass is 10.0. The summed E-state index contributed by atoms with van der Waals surface area (Å²) >= 11 is 0. The summed E-state index contributed by atoms with van der Waals surface area (Å²) in [6, 6.07) is 9.19. The van der Waals surface area contributed by atoms with Gasteiger partial charge in [-0.25, -0.2) is 0 Å². The maximum atomic E-state index is 3.88. The first-order valence-electron chi connectivity index (χ1n) is 4.52. The second-order valence-electron chi connectivity index (χ2n) is 3.27. The lowest BCUT2D eigenvalue weighted by Gasteiger charge is -2.09. The molecule has 1 unspecified atom stereocenters. The van der Waals surface area contributed by atoms with Crippen molar-refractivity contribution >= 4 is 0 Å². The lowest BCUT2D eigenvalue weighted by Crippen LogP contribution is -2.11. The van der Waals surface area contributed by atoms with E-state index in [1.54, 1.807) is 0 Å². The Kier molecular flexibility index (Phi) is 2.13. The monoisotopic (exact) mass is 160 g/mol. The molecular formula is C11H14N. The van der Waals surface area contributed by atoms with E-state index in [4.69, 9.17) is 0 Å². The fourth-order valence-electron chi connectivity index (χ4n) is 1.84. The summed E-state index contributed by atoms with van der Waals surface area (Å²) in [4.78, 5) is 0. The Morgan fingerprint density at radius 3 is 3.08 bits per heavy atom. The zero-order valence-corrected chi connectivity index (χ0v) is 7.22. The summed E-state index contributed by atoms with van der Waals surface area (Å²) in [5, 5.41) is 3.48. The van der Waals surface area contributed by atoms with Gasteiger partial charge in [-0.1, -0.05) is 37.6 Å². The predicted octanol–water partition coefficient (Wildman–Crippen LogP) is 2.45. The molecule has 12 heavy (non-hydrogen) atoms. The molecule has 1 aromatic rings. The van der Waals surface area contributed by atoms with E-state index in [2.05, 4.69) is 36.5 Å². The van der Waals surface area contributed by atoms with Crippen LogP contribution in [0.5, 0.6) is 0 Å². The standard InChI is InChI=1S/C11H14N/c1-2-5-11-10-7-4-3-6-9(10)8-12-11/h3-4,6-7,11-12H,1-2,5,8H2. The molecule has 0 aliphatic carbocycles. The second kappa shape index (κ2) is 3.28. The van der Waals surface area contributed by atoms with E-state index in [1.165, 1.54) is 11.1 Å². The van der Waals surface area contributed by atoms with Gasteiger partial charge in [0.1, 0.15) is 0 Å². The minimum absolute atomic E-state index is 0.554. The molecule has 0 aromatic heterocycles. The number of fused-ring (bicyclic) bond motifs is 1. The molecule has 1 heteroatoms. The van der Waals surface area contributed by atoms with Gasteiger partial charge in [-0.15, -0.1) is 0 Å². The Morgan fingerprint density at radius 2 is 2.25 bits per heavy atom. The van der Waals surface area contributed by atoms with Gasteiger partial charge in [0.05, 0.1) is 0 Å². The summed E-state index contributed by atoms with van der Waals surface area (Å²) in [5.41, 5.74) is 2.93. The fourth-order valence-corrected chi connectivity index (χ4v) is 1.84. The van der Waals surface area contributed by atoms with E-state index in [9.17, 15) is 0 Å². The van der Waals surface area contributed by atoms with Gasteiger partial charge < -0.3 is 5.32 Å². The molecule has 1 atom stereocenters. The third-order valence-corrected chi connectivity index (χ3v) is 2.46. The smallest absolute Gasteiger partial charge is 0.0326 e. The molecule has 1 radical (unpaired) electrons. The van der Waals surface area contributed by atoms with Crippen molar-refractivity contribution in [3.63, 3.8) is 0 Å². The molecule has 1 nitrogen and oxygen atoms in total. The molecule has 0 amide bonds. The zero-order valence-electron chi connectivity index (χ0n) is 7.22. The summed E-state index contributed by atoms with van der Waals surface area (Å²) in [6.45, 7) is 4.91. The summed E-state index contributed by atoms with van der Waals surface area (Å²) < 4.78 is 0. The number of rotatable bonds is 2. The van der Waals surface area contributed by atoms with Crippen molar-refractivity contribution < 1.29 is 0 Å². The highest BCUT2D eigenvalue weighted by atomic mass is 14.9. The van der Waals surface area contributed by atoms with Crippen LogP contribution in [0.1, 0.15) is 30.0 Å². The van der Waals surface area contributed by atoms with Crippen LogP contribution in [0.15, 0.2) is 24.3 Å². The molecule has 1 aromatic carbocycles. The van der Waals surface area contributed by atoms with Crippen molar-refractivity contribution in [1.29, 1.82) is 0 Å². The predicted molar refractivity (Wildman–Crippen MR) is 50.6 cm³/mol. The highest BCUT2D eigenvalue weighted by Gasteiger charge is 2.19. The Bertz CT molecular complexity index is 265. The minimum Gasteiger partial charge on any atom is -0.306 e. The Balaban J connectivity index is 2.24. The van der Waals surface area contributed by atoms with E-state index in [0.29, 0.717) is 6.04 Å². The van der Waals surface area contributed by atoms with Crippen LogP contribution in [0.4, 0.5) is 0 Å². The fraction of sp³-hybridized carbons (Fsp3) is 0.364. The van der Waals surface area contributed by atoms with Crippen molar-refractivity contribution in [1.82, 2.24) is 5.32 Å². The summed E-state index contributed by atoms with van der Waals surface area (Å²) in [5.74, 6) is 0. The average Bonchev–Trinajstić information content (AvgIpc) is 2.50. The van der Waals surface area contributed by atoms with Gasteiger partial charge in [0.15, 0.2) is 0 Å². The van der Waals surface area contributed by atoms with Crippen LogP contribution in [0.2, 0.25) is 0 Å². The quantitative estimate of drug-likeness (QED) is 0.700. The molecule has 1 aliphatic rings. The van der Waals surface area contributed by atoms with E-state index in [1.807, 2.05) is 0 Å². The molecule has 0 spiro atoms. The van der Waals surface area contributed by atoms with E-state index in [0.717, 1.165) is 19.4 Å². The van der Waals surface area contributed by atoms with Gasteiger partial charge in [-0.05, 0) is 17.5 Å². The van der Waals surface area contributed by atoms with Crippen LogP contribution in [-0.2, 0) is 6.54 Å². The van der Waals surface area contributed by atoms with Crippen molar-refractivity contribution in [2.45, 2.75) is 25.4 Å². The van der Waals surface area contributed by atoms with Crippen molar-refractivity contribution in [3.05, 3.63) is 42.3 Å². The topological polar surface area (TPSA) is 12.0 Å².